The summed E-state index contributed by atoms with van der Waals surface area (Å²) < 4.78 is 0. The second-order valence-corrected chi connectivity index (χ2v) is 6.82. The maximum atomic E-state index is 12.6. The summed E-state index contributed by atoms with van der Waals surface area (Å²) in [6.07, 6.45) is 0.897. The molecule has 0 spiro atoms. The van der Waals surface area contributed by atoms with E-state index in [1.54, 1.807) is 17.4 Å². The minimum absolute atomic E-state index is 0.0239. The molecule has 4 nitrogen and oxygen atoms in total. The largest absolute Gasteiger partial charge is 0.336 e. The lowest BCUT2D eigenvalue weighted by Crippen LogP contribution is -2.42. The van der Waals surface area contributed by atoms with Crippen LogP contribution >= 0.6 is 11.3 Å². The van der Waals surface area contributed by atoms with Gasteiger partial charge < -0.3 is 4.90 Å². The molecule has 0 fully saturated rings. The van der Waals surface area contributed by atoms with Crippen LogP contribution in [0.4, 0.5) is 0 Å². The molecule has 0 aliphatic carbocycles. The molecule has 0 saturated carbocycles. The zero-order valence-electron chi connectivity index (χ0n) is 12.6. The number of benzene rings is 1. The van der Waals surface area contributed by atoms with Crippen molar-refractivity contribution in [2.24, 2.45) is 0 Å². The maximum absolute atomic E-state index is 12.6. The number of rotatable bonds is 2. The summed E-state index contributed by atoms with van der Waals surface area (Å²) >= 11 is 1.75. The average Bonchev–Trinajstić information content (AvgIpc) is 3.13. The van der Waals surface area contributed by atoms with Gasteiger partial charge in [0.05, 0.1) is 0 Å². The fourth-order valence-corrected chi connectivity index (χ4v) is 4.09. The fourth-order valence-electron chi connectivity index (χ4n) is 3.20. The van der Waals surface area contributed by atoms with E-state index in [4.69, 9.17) is 0 Å². The lowest BCUT2D eigenvalue weighted by atomic mass is 10.1. The van der Waals surface area contributed by atoms with Crippen molar-refractivity contribution in [1.82, 2.24) is 9.80 Å². The molecule has 0 atom stereocenters. The van der Waals surface area contributed by atoms with Gasteiger partial charge in [-0.3, -0.25) is 14.5 Å². The highest BCUT2D eigenvalue weighted by atomic mass is 32.1. The van der Waals surface area contributed by atoms with Crippen LogP contribution in [0.2, 0.25) is 0 Å². The van der Waals surface area contributed by atoms with Gasteiger partial charge in [0, 0.05) is 34.8 Å². The molecule has 2 aliphatic rings. The van der Waals surface area contributed by atoms with Gasteiger partial charge in [-0.1, -0.05) is 24.8 Å². The third-order valence-corrected chi connectivity index (χ3v) is 5.52. The number of hydrogen-bond donors (Lipinski definition) is 0. The van der Waals surface area contributed by atoms with Crippen molar-refractivity contribution in [2.45, 2.75) is 13.0 Å². The summed E-state index contributed by atoms with van der Waals surface area (Å²) in [6.45, 7) is 5.40. The van der Waals surface area contributed by atoms with Crippen LogP contribution in [0.15, 0.2) is 42.3 Å². The molecule has 0 N–H and O–H groups in total. The molecule has 0 saturated heterocycles. The molecule has 116 valence electrons. The Morgan fingerprint density at radius 3 is 2.78 bits per heavy atom. The van der Waals surface area contributed by atoms with Gasteiger partial charge in [-0.05, 0) is 29.5 Å². The number of carbonyl (C=O) groups is 2. The molecule has 0 radical (unpaired) electrons. The van der Waals surface area contributed by atoms with Gasteiger partial charge in [0.1, 0.15) is 6.54 Å². The van der Waals surface area contributed by atoms with E-state index in [0.29, 0.717) is 24.4 Å². The lowest BCUT2D eigenvalue weighted by Gasteiger charge is -2.29. The standard InChI is InChI=1S/C18H16N2O2S/c1-12-14-4-2-3-5-15(14)18(22)20(12)11-17(21)19-8-6-16-13(10-19)7-9-23-16/h2-5,7,9H,1,6,8,10-11H2. The van der Waals surface area contributed by atoms with Gasteiger partial charge in [0.25, 0.3) is 5.91 Å². The molecule has 23 heavy (non-hydrogen) atoms. The number of thiophene rings is 1. The van der Waals surface area contributed by atoms with E-state index in [1.807, 2.05) is 23.1 Å². The first-order valence-electron chi connectivity index (χ1n) is 7.58. The molecule has 1 aromatic heterocycles. The van der Waals surface area contributed by atoms with Crippen molar-refractivity contribution >= 4 is 28.8 Å². The Balaban J connectivity index is 1.50. The van der Waals surface area contributed by atoms with Crippen molar-refractivity contribution in [3.8, 4) is 0 Å². The van der Waals surface area contributed by atoms with Crippen molar-refractivity contribution in [3.63, 3.8) is 0 Å². The number of amides is 2. The van der Waals surface area contributed by atoms with Crippen molar-refractivity contribution in [2.75, 3.05) is 13.1 Å². The first-order valence-corrected chi connectivity index (χ1v) is 8.46. The second kappa shape index (κ2) is 5.35. The normalized spacial score (nSPS) is 16.5. The Hall–Kier alpha value is -2.40. The summed E-state index contributed by atoms with van der Waals surface area (Å²) in [7, 11) is 0. The molecular weight excluding hydrogens is 308 g/mol. The van der Waals surface area contributed by atoms with Gasteiger partial charge in [-0.25, -0.2) is 0 Å². The molecule has 0 unspecified atom stereocenters. The summed E-state index contributed by atoms with van der Waals surface area (Å²) in [5, 5.41) is 2.07. The van der Waals surface area contributed by atoms with E-state index in [-0.39, 0.29) is 18.4 Å². The van der Waals surface area contributed by atoms with E-state index in [2.05, 4.69) is 18.0 Å². The molecule has 3 heterocycles. The van der Waals surface area contributed by atoms with E-state index in [1.165, 1.54) is 15.3 Å². The zero-order chi connectivity index (χ0) is 16.0. The quantitative estimate of drug-likeness (QED) is 0.852. The first-order chi connectivity index (χ1) is 11.1. The third kappa shape index (κ3) is 2.28. The van der Waals surface area contributed by atoms with E-state index < -0.39 is 0 Å². The van der Waals surface area contributed by atoms with Crippen molar-refractivity contribution in [3.05, 3.63) is 63.9 Å². The first kappa shape index (κ1) is 14.2. The Kier molecular flexibility index (Phi) is 3.31. The van der Waals surface area contributed by atoms with Crippen LogP contribution in [0.1, 0.15) is 26.4 Å². The topological polar surface area (TPSA) is 40.6 Å². The predicted molar refractivity (Wildman–Crippen MR) is 90.0 cm³/mol. The molecular formula is C18H16N2O2S. The van der Waals surface area contributed by atoms with Crippen LogP contribution in [0.3, 0.4) is 0 Å². The van der Waals surface area contributed by atoms with Crippen LogP contribution in [0, 0.1) is 0 Å². The van der Waals surface area contributed by atoms with Crippen LogP contribution in [0.25, 0.3) is 5.70 Å². The van der Waals surface area contributed by atoms with Gasteiger partial charge in [0.2, 0.25) is 5.91 Å². The minimum Gasteiger partial charge on any atom is -0.336 e. The third-order valence-electron chi connectivity index (χ3n) is 4.49. The number of carbonyl (C=O) groups excluding carboxylic acids is 2. The van der Waals surface area contributed by atoms with Crippen LogP contribution in [-0.2, 0) is 17.8 Å². The Bertz CT molecular complexity index is 789. The lowest BCUT2D eigenvalue weighted by molar-refractivity contribution is -0.132. The second-order valence-electron chi connectivity index (χ2n) is 5.82. The molecule has 2 aliphatic heterocycles. The monoisotopic (exact) mass is 324 g/mol. The Morgan fingerprint density at radius 1 is 1.22 bits per heavy atom. The number of fused-ring (bicyclic) bond motifs is 2. The highest BCUT2D eigenvalue weighted by Gasteiger charge is 2.33. The Morgan fingerprint density at radius 2 is 2.00 bits per heavy atom. The van der Waals surface area contributed by atoms with Crippen LogP contribution in [0.5, 0.6) is 0 Å². The Labute approximate surface area is 138 Å². The molecule has 1 aromatic carbocycles. The molecule has 0 bridgehead atoms. The van der Waals surface area contributed by atoms with Gasteiger partial charge in [0.15, 0.2) is 0 Å². The highest BCUT2D eigenvalue weighted by molar-refractivity contribution is 7.10. The summed E-state index contributed by atoms with van der Waals surface area (Å²) in [5.74, 6) is -0.156. The van der Waals surface area contributed by atoms with Gasteiger partial charge >= 0.3 is 0 Å². The molecule has 4 rings (SSSR count). The maximum Gasteiger partial charge on any atom is 0.259 e. The SMILES string of the molecule is C=C1c2ccccc2C(=O)N1CC(=O)N1CCc2sccc2C1. The summed E-state index contributed by atoms with van der Waals surface area (Å²) in [4.78, 5) is 29.8. The minimum atomic E-state index is -0.132. The van der Waals surface area contributed by atoms with E-state index in [0.717, 1.165) is 12.0 Å². The fraction of sp³-hybridized carbons (Fsp3) is 0.222. The van der Waals surface area contributed by atoms with Crippen LogP contribution < -0.4 is 0 Å². The molecule has 2 amide bonds. The molecule has 2 aromatic rings. The average molecular weight is 324 g/mol. The van der Waals surface area contributed by atoms with Gasteiger partial charge in [-0.15, -0.1) is 11.3 Å². The zero-order valence-corrected chi connectivity index (χ0v) is 13.4. The van der Waals surface area contributed by atoms with Crippen molar-refractivity contribution < 1.29 is 9.59 Å². The van der Waals surface area contributed by atoms with Crippen LogP contribution in [-0.4, -0.2) is 34.7 Å². The number of hydrogen-bond acceptors (Lipinski definition) is 3. The number of nitrogens with zero attached hydrogens (tertiary/aromatic N) is 2. The van der Waals surface area contributed by atoms with E-state index in [9.17, 15) is 9.59 Å². The highest BCUT2D eigenvalue weighted by Crippen LogP contribution is 2.31. The van der Waals surface area contributed by atoms with Gasteiger partial charge in [-0.2, -0.15) is 0 Å². The summed E-state index contributed by atoms with van der Waals surface area (Å²) in [6, 6.07) is 9.45. The predicted octanol–water partition coefficient (Wildman–Crippen LogP) is 2.76. The smallest absolute Gasteiger partial charge is 0.259 e. The summed E-state index contributed by atoms with van der Waals surface area (Å²) in [5.41, 5.74) is 3.30. The van der Waals surface area contributed by atoms with Crippen molar-refractivity contribution in [1.29, 1.82) is 0 Å². The van der Waals surface area contributed by atoms with E-state index >= 15 is 0 Å². The molecule has 5 heteroatoms.